The molecule has 0 bridgehead atoms. The first-order chi connectivity index (χ1) is 7.81. The SMILES string of the molecule is CNCC(O)c1ccc(C2=NCCO2)cc1. The number of hydrogen-bond donors (Lipinski definition) is 2. The zero-order valence-electron chi connectivity index (χ0n) is 9.31. The predicted octanol–water partition coefficient (Wildman–Crippen LogP) is 0.716. The van der Waals surface area contributed by atoms with Crippen molar-refractivity contribution in [3.05, 3.63) is 35.4 Å². The van der Waals surface area contributed by atoms with Crippen molar-refractivity contribution in [3.63, 3.8) is 0 Å². The fourth-order valence-electron chi connectivity index (χ4n) is 1.67. The maximum atomic E-state index is 9.75. The van der Waals surface area contributed by atoms with Gasteiger partial charge in [-0.2, -0.15) is 0 Å². The minimum absolute atomic E-state index is 0.467. The van der Waals surface area contributed by atoms with E-state index in [0.29, 0.717) is 19.0 Å². The molecule has 86 valence electrons. The zero-order valence-corrected chi connectivity index (χ0v) is 9.31. The van der Waals surface area contributed by atoms with E-state index in [1.54, 1.807) is 0 Å². The van der Waals surface area contributed by atoms with E-state index in [4.69, 9.17) is 4.74 Å². The largest absolute Gasteiger partial charge is 0.476 e. The number of aliphatic hydroxyl groups is 1. The number of rotatable bonds is 4. The van der Waals surface area contributed by atoms with Gasteiger partial charge in [0.25, 0.3) is 0 Å². The summed E-state index contributed by atoms with van der Waals surface area (Å²) in [6.07, 6.45) is -0.467. The van der Waals surface area contributed by atoms with Crippen LogP contribution in [0.1, 0.15) is 17.2 Å². The quantitative estimate of drug-likeness (QED) is 0.786. The van der Waals surface area contributed by atoms with Crippen molar-refractivity contribution in [2.45, 2.75) is 6.10 Å². The Kier molecular flexibility index (Phi) is 3.54. The molecule has 1 aromatic carbocycles. The lowest BCUT2D eigenvalue weighted by molar-refractivity contribution is 0.178. The summed E-state index contributed by atoms with van der Waals surface area (Å²) in [6.45, 7) is 1.95. The van der Waals surface area contributed by atoms with Gasteiger partial charge in [0.15, 0.2) is 0 Å². The van der Waals surface area contributed by atoms with Crippen LogP contribution in [0.2, 0.25) is 0 Å². The van der Waals surface area contributed by atoms with Gasteiger partial charge in [0.05, 0.1) is 12.6 Å². The van der Waals surface area contributed by atoms with Crippen LogP contribution in [0.3, 0.4) is 0 Å². The number of hydrogen-bond acceptors (Lipinski definition) is 4. The monoisotopic (exact) mass is 220 g/mol. The summed E-state index contributed by atoms with van der Waals surface area (Å²) >= 11 is 0. The number of benzene rings is 1. The third-order valence-electron chi connectivity index (χ3n) is 2.53. The average molecular weight is 220 g/mol. The van der Waals surface area contributed by atoms with Crippen LogP contribution in [0.15, 0.2) is 29.3 Å². The minimum Gasteiger partial charge on any atom is -0.476 e. The van der Waals surface area contributed by atoms with E-state index in [1.165, 1.54) is 0 Å². The normalized spacial score (nSPS) is 16.8. The van der Waals surface area contributed by atoms with Gasteiger partial charge in [-0.1, -0.05) is 12.1 Å². The number of aliphatic imine (C=N–C) groups is 1. The van der Waals surface area contributed by atoms with E-state index < -0.39 is 6.10 Å². The Morgan fingerprint density at radius 1 is 1.44 bits per heavy atom. The number of nitrogens with one attached hydrogen (secondary N) is 1. The molecule has 0 aliphatic carbocycles. The van der Waals surface area contributed by atoms with Crippen molar-refractivity contribution in [1.29, 1.82) is 0 Å². The zero-order chi connectivity index (χ0) is 11.4. The van der Waals surface area contributed by atoms with Gasteiger partial charge in [0, 0.05) is 12.1 Å². The van der Waals surface area contributed by atoms with Crippen molar-refractivity contribution in [2.75, 3.05) is 26.7 Å². The molecule has 0 spiro atoms. The highest BCUT2D eigenvalue weighted by molar-refractivity contribution is 5.94. The molecule has 1 unspecified atom stereocenters. The van der Waals surface area contributed by atoms with Crippen LogP contribution in [0.5, 0.6) is 0 Å². The topological polar surface area (TPSA) is 53.8 Å². The first-order valence-corrected chi connectivity index (χ1v) is 5.41. The molecule has 2 N–H and O–H groups in total. The lowest BCUT2D eigenvalue weighted by Gasteiger charge is -2.10. The van der Waals surface area contributed by atoms with E-state index in [9.17, 15) is 5.11 Å². The van der Waals surface area contributed by atoms with Gasteiger partial charge in [0.2, 0.25) is 5.90 Å². The maximum absolute atomic E-state index is 9.75. The van der Waals surface area contributed by atoms with Gasteiger partial charge >= 0.3 is 0 Å². The molecule has 0 radical (unpaired) electrons. The second-order valence-electron chi connectivity index (χ2n) is 3.73. The Hall–Kier alpha value is -1.39. The predicted molar refractivity (Wildman–Crippen MR) is 62.7 cm³/mol. The molecular weight excluding hydrogens is 204 g/mol. The summed E-state index contributed by atoms with van der Waals surface area (Å²) in [7, 11) is 1.82. The summed E-state index contributed by atoms with van der Waals surface area (Å²) in [5.41, 5.74) is 1.87. The van der Waals surface area contributed by atoms with Crippen molar-refractivity contribution in [2.24, 2.45) is 4.99 Å². The Bertz CT molecular complexity index is 373. The lowest BCUT2D eigenvalue weighted by Crippen LogP contribution is -2.16. The van der Waals surface area contributed by atoms with Crippen LogP contribution in [0, 0.1) is 0 Å². The summed E-state index contributed by atoms with van der Waals surface area (Å²) in [4.78, 5) is 4.24. The molecule has 1 atom stereocenters. The summed E-state index contributed by atoms with van der Waals surface area (Å²) in [5.74, 6) is 0.703. The molecule has 0 amide bonds. The maximum Gasteiger partial charge on any atom is 0.216 e. The summed E-state index contributed by atoms with van der Waals surface area (Å²) in [6, 6.07) is 7.67. The van der Waals surface area contributed by atoms with E-state index in [-0.39, 0.29) is 0 Å². The van der Waals surface area contributed by atoms with E-state index >= 15 is 0 Å². The molecule has 0 aromatic heterocycles. The molecule has 1 aromatic rings. The Morgan fingerprint density at radius 2 is 2.19 bits per heavy atom. The fourth-order valence-corrected chi connectivity index (χ4v) is 1.67. The molecule has 16 heavy (non-hydrogen) atoms. The second-order valence-corrected chi connectivity index (χ2v) is 3.73. The van der Waals surface area contributed by atoms with Gasteiger partial charge in [-0.15, -0.1) is 0 Å². The smallest absolute Gasteiger partial charge is 0.216 e. The van der Waals surface area contributed by atoms with E-state index in [1.807, 2.05) is 31.3 Å². The van der Waals surface area contributed by atoms with Crippen LogP contribution in [0.4, 0.5) is 0 Å². The van der Waals surface area contributed by atoms with Gasteiger partial charge < -0.3 is 15.2 Å². The fraction of sp³-hybridized carbons (Fsp3) is 0.417. The number of likely N-dealkylation sites (N-methyl/N-ethyl adjacent to an activating group) is 1. The molecule has 0 fully saturated rings. The lowest BCUT2D eigenvalue weighted by atomic mass is 10.1. The highest BCUT2D eigenvalue weighted by Gasteiger charge is 2.11. The van der Waals surface area contributed by atoms with Crippen LogP contribution in [-0.4, -0.2) is 37.7 Å². The van der Waals surface area contributed by atoms with Crippen LogP contribution in [-0.2, 0) is 4.74 Å². The highest BCUT2D eigenvalue weighted by atomic mass is 16.5. The minimum atomic E-state index is -0.467. The molecule has 4 nitrogen and oxygen atoms in total. The Morgan fingerprint density at radius 3 is 2.75 bits per heavy atom. The van der Waals surface area contributed by atoms with E-state index in [2.05, 4.69) is 10.3 Å². The summed E-state index contributed by atoms with van der Waals surface area (Å²) < 4.78 is 5.36. The first kappa shape index (κ1) is 11.1. The van der Waals surface area contributed by atoms with Crippen LogP contribution in [0.25, 0.3) is 0 Å². The van der Waals surface area contributed by atoms with Gasteiger partial charge in [-0.25, -0.2) is 4.99 Å². The first-order valence-electron chi connectivity index (χ1n) is 5.41. The van der Waals surface area contributed by atoms with Crippen molar-refractivity contribution in [1.82, 2.24) is 5.32 Å². The Balaban J connectivity index is 2.09. The van der Waals surface area contributed by atoms with Gasteiger partial charge in [-0.3, -0.25) is 0 Å². The number of ether oxygens (including phenoxy) is 1. The average Bonchev–Trinajstić information content (AvgIpc) is 2.83. The number of nitrogens with zero attached hydrogens (tertiary/aromatic N) is 1. The van der Waals surface area contributed by atoms with Gasteiger partial charge in [0.1, 0.15) is 6.61 Å². The summed E-state index contributed by atoms with van der Waals surface area (Å²) in [5, 5.41) is 12.7. The third-order valence-corrected chi connectivity index (χ3v) is 2.53. The van der Waals surface area contributed by atoms with Crippen molar-refractivity contribution < 1.29 is 9.84 Å². The molecule has 1 aliphatic rings. The molecule has 2 rings (SSSR count). The number of aliphatic hydroxyl groups excluding tert-OH is 1. The molecule has 0 saturated heterocycles. The van der Waals surface area contributed by atoms with Crippen molar-refractivity contribution in [3.8, 4) is 0 Å². The van der Waals surface area contributed by atoms with E-state index in [0.717, 1.165) is 17.7 Å². The molecule has 1 aliphatic heterocycles. The highest BCUT2D eigenvalue weighted by Crippen LogP contribution is 2.15. The van der Waals surface area contributed by atoms with Crippen LogP contribution >= 0.6 is 0 Å². The van der Waals surface area contributed by atoms with Gasteiger partial charge in [-0.05, 0) is 24.7 Å². The molecule has 0 saturated carbocycles. The van der Waals surface area contributed by atoms with Crippen molar-refractivity contribution >= 4 is 5.90 Å². The van der Waals surface area contributed by atoms with Crippen LogP contribution < -0.4 is 5.32 Å². The Labute approximate surface area is 95.0 Å². The third kappa shape index (κ3) is 2.40. The standard InChI is InChI=1S/C12H16N2O2/c1-13-8-11(15)9-2-4-10(5-3-9)12-14-6-7-16-12/h2-5,11,13,15H,6-8H2,1H3. The second kappa shape index (κ2) is 5.09. The molecular formula is C12H16N2O2. The molecule has 4 heteroatoms. The molecule has 1 heterocycles.